The van der Waals surface area contributed by atoms with Crippen LogP contribution in [0.5, 0.6) is 5.75 Å². The summed E-state index contributed by atoms with van der Waals surface area (Å²) in [7, 11) is 1.57. The second kappa shape index (κ2) is 7.83. The number of methoxy groups -OCH3 is 1. The Kier molecular flexibility index (Phi) is 5.80. The second-order valence-corrected chi connectivity index (χ2v) is 6.30. The standard InChI is InChI=1S/C20H24N2O3/c1-12(2)21-20(24)17-11-16(9-7-13(17)3)22-19(23)15-8-6-14(4)18(10-15)25-5/h6-12H,1-5H3,(H,21,24)(H,22,23). The van der Waals surface area contributed by atoms with Gasteiger partial charge in [-0.25, -0.2) is 0 Å². The van der Waals surface area contributed by atoms with Gasteiger partial charge in [-0.15, -0.1) is 0 Å². The normalized spacial score (nSPS) is 10.5. The van der Waals surface area contributed by atoms with Crippen LogP contribution in [-0.2, 0) is 0 Å². The molecule has 0 bridgehead atoms. The maximum absolute atomic E-state index is 12.5. The Morgan fingerprint density at radius 2 is 1.64 bits per heavy atom. The molecule has 0 fully saturated rings. The zero-order valence-electron chi connectivity index (χ0n) is 15.3. The van der Waals surface area contributed by atoms with E-state index in [2.05, 4.69) is 10.6 Å². The minimum atomic E-state index is -0.252. The van der Waals surface area contributed by atoms with E-state index in [-0.39, 0.29) is 17.9 Å². The van der Waals surface area contributed by atoms with E-state index in [4.69, 9.17) is 4.74 Å². The maximum Gasteiger partial charge on any atom is 0.255 e. The molecule has 0 atom stereocenters. The second-order valence-electron chi connectivity index (χ2n) is 6.30. The highest BCUT2D eigenvalue weighted by molar-refractivity contribution is 6.05. The average molecular weight is 340 g/mol. The summed E-state index contributed by atoms with van der Waals surface area (Å²) in [5, 5.41) is 5.70. The quantitative estimate of drug-likeness (QED) is 0.872. The molecule has 0 saturated heterocycles. The van der Waals surface area contributed by atoms with Gasteiger partial charge in [0.2, 0.25) is 0 Å². The number of aryl methyl sites for hydroxylation is 2. The van der Waals surface area contributed by atoms with Crippen molar-refractivity contribution in [2.24, 2.45) is 0 Å². The highest BCUT2D eigenvalue weighted by atomic mass is 16.5. The van der Waals surface area contributed by atoms with E-state index in [1.165, 1.54) is 0 Å². The Morgan fingerprint density at radius 1 is 0.960 bits per heavy atom. The molecule has 2 aromatic carbocycles. The van der Waals surface area contributed by atoms with Gasteiger partial charge in [0.05, 0.1) is 7.11 Å². The number of anilines is 1. The molecule has 2 rings (SSSR count). The van der Waals surface area contributed by atoms with Gasteiger partial charge in [-0.2, -0.15) is 0 Å². The van der Waals surface area contributed by atoms with Crippen LogP contribution in [0.25, 0.3) is 0 Å². The minimum absolute atomic E-state index is 0.0465. The number of benzene rings is 2. The lowest BCUT2D eigenvalue weighted by Crippen LogP contribution is -2.30. The van der Waals surface area contributed by atoms with Gasteiger partial charge in [-0.1, -0.05) is 12.1 Å². The molecule has 0 aromatic heterocycles. The van der Waals surface area contributed by atoms with Crippen LogP contribution in [0.3, 0.4) is 0 Å². The number of ether oxygens (including phenoxy) is 1. The van der Waals surface area contributed by atoms with Crippen molar-refractivity contribution in [1.29, 1.82) is 0 Å². The smallest absolute Gasteiger partial charge is 0.255 e. The molecule has 5 heteroatoms. The molecule has 25 heavy (non-hydrogen) atoms. The minimum Gasteiger partial charge on any atom is -0.496 e. The SMILES string of the molecule is COc1cc(C(=O)Nc2ccc(C)c(C(=O)NC(C)C)c2)ccc1C. The van der Waals surface area contributed by atoms with Gasteiger partial charge < -0.3 is 15.4 Å². The van der Waals surface area contributed by atoms with E-state index in [0.29, 0.717) is 22.6 Å². The topological polar surface area (TPSA) is 67.4 Å². The molecule has 0 aliphatic rings. The van der Waals surface area contributed by atoms with Gasteiger partial charge in [0.25, 0.3) is 11.8 Å². The van der Waals surface area contributed by atoms with Crippen molar-refractivity contribution in [3.63, 3.8) is 0 Å². The first-order valence-corrected chi connectivity index (χ1v) is 8.19. The first kappa shape index (κ1) is 18.5. The molecule has 0 heterocycles. The maximum atomic E-state index is 12.5. The van der Waals surface area contributed by atoms with E-state index in [9.17, 15) is 9.59 Å². The summed E-state index contributed by atoms with van der Waals surface area (Å²) in [5.41, 5.74) is 3.43. The summed E-state index contributed by atoms with van der Waals surface area (Å²) >= 11 is 0. The third kappa shape index (κ3) is 4.59. The lowest BCUT2D eigenvalue weighted by atomic mass is 10.1. The van der Waals surface area contributed by atoms with Crippen molar-refractivity contribution in [2.75, 3.05) is 12.4 Å². The van der Waals surface area contributed by atoms with Crippen molar-refractivity contribution in [3.8, 4) is 5.75 Å². The van der Waals surface area contributed by atoms with Gasteiger partial charge in [-0.3, -0.25) is 9.59 Å². The molecular weight excluding hydrogens is 316 g/mol. The largest absolute Gasteiger partial charge is 0.496 e. The number of nitrogens with one attached hydrogen (secondary N) is 2. The first-order valence-electron chi connectivity index (χ1n) is 8.19. The van der Waals surface area contributed by atoms with Gasteiger partial charge >= 0.3 is 0 Å². The van der Waals surface area contributed by atoms with Crippen LogP contribution in [0, 0.1) is 13.8 Å². The van der Waals surface area contributed by atoms with Crippen LogP contribution in [-0.4, -0.2) is 25.0 Å². The Morgan fingerprint density at radius 3 is 2.28 bits per heavy atom. The number of hydrogen-bond acceptors (Lipinski definition) is 3. The Labute approximate surface area is 148 Å². The predicted octanol–water partition coefficient (Wildman–Crippen LogP) is 3.70. The van der Waals surface area contributed by atoms with Crippen molar-refractivity contribution in [3.05, 3.63) is 58.7 Å². The van der Waals surface area contributed by atoms with Crippen LogP contribution in [0.15, 0.2) is 36.4 Å². The summed E-state index contributed by atoms with van der Waals surface area (Å²) in [4.78, 5) is 24.7. The number of carbonyl (C=O) groups is 2. The Balaban J connectivity index is 2.22. The highest BCUT2D eigenvalue weighted by Gasteiger charge is 2.13. The van der Waals surface area contributed by atoms with E-state index < -0.39 is 0 Å². The molecule has 2 aromatic rings. The monoisotopic (exact) mass is 340 g/mol. The zero-order valence-corrected chi connectivity index (χ0v) is 15.3. The third-order valence-corrected chi connectivity index (χ3v) is 3.83. The lowest BCUT2D eigenvalue weighted by Gasteiger charge is -2.13. The fourth-order valence-electron chi connectivity index (χ4n) is 2.45. The third-order valence-electron chi connectivity index (χ3n) is 3.83. The molecular formula is C20H24N2O3. The molecule has 5 nitrogen and oxygen atoms in total. The van der Waals surface area contributed by atoms with Crippen molar-refractivity contribution in [2.45, 2.75) is 33.7 Å². The van der Waals surface area contributed by atoms with E-state index >= 15 is 0 Å². The summed E-state index contributed by atoms with van der Waals surface area (Å²) in [6, 6.07) is 10.6. The fraction of sp³-hybridized carbons (Fsp3) is 0.300. The molecule has 0 saturated carbocycles. The molecule has 2 N–H and O–H groups in total. The van der Waals surface area contributed by atoms with Gasteiger partial charge in [0.15, 0.2) is 0 Å². The lowest BCUT2D eigenvalue weighted by molar-refractivity contribution is 0.0941. The fourth-order valence-corrected chi connectivity index (χ4v) is 2.45. The first-order chi connectivity index (χ1) is 11.8. The number of hydrogen-bond donors (Lipinski definition) is 2. The summed E-state index contributed by atoms with van der Waals surface area (Å²) in [5.74, 6) is 0.256. The molecule has 0 spiro atoms. The van der Waals surface area contributed by atoms with Crippen LogP contribution >= 0.6 is 0 Å². The summed E-state index contributed by atoms with van der Waals surface area (Å²) < 4.78 is 5.26. The summed E-state index contributed by atoms with van der Waals surface area (Å²) in [6.45, 7) is 7.60. The zero-order chi connectivity index (χ0) is 18.6. The van der Waals surface area contributed by atoms with Gasteiger partial charge in [0, 0.05) is 22.9 Å². The molecule has 0 aliphatic carbocycles. The number of amides is 2. The predicted molar refractivity (Wildman–Crippen MR) is 99.5 cm³/mol. The van der Waals surface area contributed by atoms with Crippen molar-refractivity contribution < 1.29 is 14.3 Å². The van der Waals surface area contributed by atoms with Crippen molar-refractivity contribution >= 4 is 17.5 Å². The van der Waals surface area contributed by atoms with Crippen LogP contribution in [0.4, 0.5) is 5.69 Å². The van der Waals surface area contributed by atoms with Crippen molar-refractivity contribution in [1.82, 2.24) is 5.32 Å². The Hall–Kier alpha value is -2.82. The molecule has 0 aliphatic heterocycles. The van der Waals surface area contributed by atoms with Gasteiger partial charge in [0.1, 0.15) is 5.75 Å². The summed E-state index contributed by atoms with van der Waals surface area (Å²) in [6.07, 6.45) is 0. The molecule has 132 valence electrons. The molecule has 2 amide bonds. The highest BCUT2D eigenvalue weighted by Crippen LogP contribution is 2.21. The van der Waals surface area contributed by atoms with Crippen LogP contribution in [0.1, 0.15) is 45.7 Å². The van der Waals surface area contributed by atoms with Crippen LogP contribution < -0.4 is 15.4 Å². The van der Waals surface area contributed by atoms with Crippen LogP contribution in [0.2, 0.25) is 0 Å². The number of carbonyl (C=O) groups excluding carboxylic acids is 2. The average Bonchev–Trinajstić information content (AvgIpc) is 2.56. The molecule has 0 radical (unpaired) electrons. The van der Waals surface area contributed by atoms with E-state index in [1.54, 1.807) is 31.4 Å². The van der Waals surface area contributed by atoms with E-state index in [1.807, 2.05) is 39.8 Å². The van der Waals surface area contributed by atoms with E-state index in [0.717, 1.165) is 11.1 Å². The Bertz CT molecular complexity index is 798. The van der Waals surface area contributed by atoms with Gasteiger partial charge in [-0.05, 0) is 63.1 Å². The molecule has 0 unspecified atom stereocenters. The number of rotatable bonds is 5.